The Balaban J connectivity index is 2.25. The molecule has 1 amide bonds. The number of carbonyl (C=O) groups excluding carboxylic acids is 1. The molecule has 1 aromatic carbocycles. The van der Waals surface area contributed by atoms with Gasteiger partial charge in [-0.15, -0.1) is 11.3 Å². The van der Waals surface area contributed by atoms with E-state index in [4.69, 9.17) is 0 Å². The number of rotatable bonds is 3. The van der Waals surface area contributed by atoms with E-state index in [1.165, 1.54) is 16.9 Å². The molecule has 0 atom stereocenters. The molecule has 0 spiro atoms. The molecule has 0 radical (unpaired) electrons. The molecule has 0 unspecified atom stereocenters. The van der Waals surface area contributed by atoms with Gasteiger partial charge in [0.25, 0.3) is 5.91 Å². The van der Waals surface area contributed by atoms with Gasteiger partial charge in [-0.25, -0.2) is 0 Å². The maximum absolute atomic E-state index is 12.4. The predicted molar refractivity (Wildman–Crippen MR) is 96.2 cm³/mol. The van der Waals surface area contributed by atoms with E-state index in [1.807, 2.05) is 38.1 Å². The van der Waals surface area contributed by atoms with Crippen LogP contribution in [0.3, 0.4) is 0 Å². The standard InChI is InChI=1S/C19H22N2OS/c1-6-15-12(2)23-18(16(15)11-20)21-17(22)13-7-9-14(10-8-13)19(3,4)5/h7-10H,6H2,1-5H3,(H,21,22). The molecule has 4 heteroatoms. The Morgan fingerprint density at radius 1 is 1.26 bits per heavy atom. The van der Waals surface area contributed by atoms with Crippen molar-refractivity contribution in [3.05, 3.63) is 51.4 Å². The second-order valence-corrected chi connectivity index (χ2v) is 7.81. The Labute approximate surface area is 142 Å². The Morgan fingerprint density at radius 2 is 1.87 bits per heavy atom. The molecule has 2 rings (SSSR count). The van der Waals surface area contributed by atoms with E-state index in [0.29, 0.717) is 16.1 Å². The predicted octanol–water partition coefficient (Wildman–Crippen LogP) is 5.04. The minimum atomic E-state index is -0.175. The van der Waals surface area contributed by atoms with Gasteiger partial charge in [-0.2, -0.15) is 5.26 Å². The van der Waals surface area contributed by atoms with E-state index in [0.717, 1.165) is 16.9 Å². The third-order valence-corrected chi connectivity index (χ3v) is 4.98. The van der Waals surface area contributed by atoms with E-state index in [9.17, 15) is 10.1 Å². The Hall–Kier alpha value is -2.12. The summed E-state index contributed by atoms with van der Waals surface area (Å²) < 4.78 is 0. The van der Waals surface area contributed by atoms with Crippen LogP contribution >= 0.6 is 11.3 Å². The fraction of sp³-hybridized carbons (Fsp3) is 0.368. The summed E-state index contributed by atoms with van der Waals surface area (Å²) in [5.41, 5.74) is 3.47. The number of anilines is 1. The average molecular weight is 326 g/mol. The molecule has 1 aromatic heterocycles. The van der Waals surface area contributed by atoms with Crippen LogP contribution in [0.4, 0.5) is 5.00 Å². The quantitative estimate of drug-likeness (QED) is 0.859. The number of nitrogens with one attached hydrogen (secondary N) is 1. The summed E-state index contributed by atoms with van der Waals surface area (Å²) in [7, 11) is 0. The van der Waals surface area contributed by atoms with Crippen LogP contribution in [0.1, 0.15) is 59.6 Å². The Kier molecular flexibility index (Phi) is 4.91. The fourth-order valence-electron chi connectivity index (χ4n) is 2.51. The number of hydrogen-bond donors (Lipinski definition) is 1. The molecule has 120 valence electrons. The zero-order valence-electron chi connectivity index (χ0n) is 14.3. The zero-order valence-corrected chi connectivity index (χ0v) is 15.1. The zero-order chi connectivity index (χ0) is 17.2. The van der Waals surface area contributed by atoms with Gasteiger partial charge >= 0.3 is 0 Å². The molecule has 0 saturated carbocycles. The molecule has 0 aliphatic rings. The maximum Gasteiger partial charge on any atom is 0.256 e. The van der Waals surface area contributed by atoms with E-state index in [1.54, 1.807) is 0 Å². The lowest BCUT2D eigenvalue weighted by molar-refractivity contribution is 0.102. The van der Waals surface area contributed by atoms with Crippen molar-refractivity contribution in [2.45, 2.75) is 46.5 Å². The van der Waals surface area contributed by atoms with Crippen molar-refractivity contribution < 1.29 is 4.79 Å². The number of amides is 1. The number of nitrogens with zero attached hydrogens (tertiary/aromatic N) is 1. The monoisotopic (exact) mass is 326 g/mol. The highest BCUT2D eigenvalue weighted by Gasteiger charge is 2.18. The number of benzene rings is 1. The van der Waals surface area contributed by atoms with E-state index >= 15 is 0 Å². The van der Waals surface area contributed by atoms with Gasteiger partial charge in [0.1, 0.15) is 11.1 Å². The van der Waals surface area contributed by atoms with Crippen LogP contribution in [0.2, 0.25) is 0 Å². The van der Waals surface area contributed by atoms with Crippen molar-refractivity contribution in [2.24, 2.45) is 0 Å². The SMILES string of the molecule is CCc1c(C)sc(NC(=O)c2ccc(C(C)(C)C)cc2)c1C#N. The second-order valence-electron chi connectivity index (χ2n) is 6.59. The second kappa shape index (κ2) is 6.55. The van der Waals surface area contributed by atoms with Crippen LogP contribution in [0.15, 0.2) is 24.3 Å². The molecule has 0 fully saturated rings. The van der Waals surface area contributed by atoms with Crippen LogP contribution in [-0.4, -0.2) is 5.91 Å². The van der Waals surface area contributed by atoms with Crippen molar-refractivity contribution in [3.63, 3.8) is 0 Å². The molecule has 3 nitrogen and oxygen atoms in total. The smallest absolute Gasteiger partial charge is 0.256 e. The molecule has 2 aromatic rings. The molecular formula is C19H22N2OS. The van der Waals surface area contributed by atoms with Gasteiger partial charge in [0.05, 0.1) is 5.56 Å². The number of hydrogen-bond acceptors (Lipinski definition) is 3. The van der Waals surface area contributed by atoms with Gasteiger partial charge in [0.15, 0.2) is 0 Å². The van der Waals surface area contributed by atoms with Crippen molar-refractivity contribution in [1.82, 2.24) is 0 Å². The molecule has 0 saturated heterocycles. The Bertz CT molecular complexity index is 758. The van der Waals surface area contributed by atoms with E-state index < -0.39 is 0 Å². The summed E-state index contributed by atoms with van der Waals surface area (Å²) in [6.45, 7) is 10.4. The number of thiophene rings is 1. The highest BCUT2D eigenvalue weighted by Crippen LogP contribution is 2.33. The van der Waals surface area contributed by atoms with Crippen LogP contribution in [0.25, 0.3) is 0 Å². The average Bonchev–Trinajstić information content (AvgIpc) is 2.80. The summed E-state index contributed by atoms with van der Waals surface area (Å²) in [5, 5.41) is 12.9. The Morgan fingerprint density at radius 3 is 2.35 bits per heavy atom. The first kappa shape index (κ1) is 17.2. The van der Waals surface area contributed by atoms with Crippen LogP contribution in [0.5, 0.6) is 0 Å². The van der Waals surface area contributed by atoms with Crippen LogP contribution in [-0.2, 0) is 11.8 Å². The lowest BCUT2D eigenvalue weighted by atomic mass is 9.87. The first-order valence-electron chi connectivity index (χ1n) is 7.72. The van der Waals surface area contributed by atoms with Crippen molar-refractivity contribution in [1.29, 1.82) is 5.26 Å². The van der Waals surface area contributed by atoms with Crippen LogP contribution in [0, 0.1) is 18.3 Å². The molecule has 0 aliphatic carbocycles. The summed E-state index contributed by atoms with van der Waals surface area (Å²) >= 11 is 1.47. The normalized spacial score (nSPS) is 11.1. The van der Waals surface area contributed by atoms with E-state index in [-0.39, 0.29) is 11.3 Å². The van der Waals surface area contributed by atoms with Crippen molar-refractivity contribution in [3.8, 4) is 6.07 Å². The molecule has 0 bridgehead atoms. The van der Waals surface area contributed by atoms with Gasteiger partial charge in [-0.3, -0.25) is 4.79 Å². The van der Waals surface area contributed by atoms with Gasteiger partial charge in [-0.05, 0) is 42.0 Å². The topological polar surface area (TPSA) is 52.9 Å². The number of aryl methyl sites for hydroxylation is 1. The van der Waals surface area contributed by atoms with Gasteiger partial charge in [-0.1, -0.05) is 39.8 Å². The van der Waals surface area contributed by atoms with Crippen LogP contribution < -0.4 is 5.32 Å². The first-order valence-corrected chi connectivity index (χ1v) is 8.53. The minimum absolute atomic E-state index is 0.0594. The maximum atomic E-state index is 12.4. The third-order valence-electron chi connectivity index (χ3n) is 3.91. The summed E-state index contributed by atoms with van der Waals surface area (Å²) in [4.78, 5) is 13.5. The summed E-state index contributed by atoms with van der Waals surface area (Å²) in [5.74, 6) is -0.175. The van der Waals surface area contributed by atoms with Crippen molar-refractivity contribution >= 4 is 22.2 Å². The molecule has 0 aliphatic heterocycles. The fourth-order valence-corrected chi connectivity index (χ4v) is 3.60. The molecular weight excluding hydrogens is 304 g/mol. The van der Waals surface area contributed by atoms with Gasteiger partial charge < -0.3 is 5.32 Å². The number of nitriles is 1. The van der Waals surface area contributed by atoms with Gasteiger partial charge in [0, 0.05) is 10.4 Å². The molecule has 23 heavy (non-hydrogen) atoms. The van der Waals surface area contributed by atoms with Crippen molar-refractivity contribution in [2.75, 3.05) is 5.32 Å². The first-order chi connectivity index (χ1) is 10.8. The summed E-state index contributed by atoms with van der Waals surface area (Å²) in [6, 6.07) is 9.86. The molecule has 1 heterocycles. The van der Waals surface area contributed by atoms with E-state index in [2.05, 4.69) is 32.2 Å². The molecule has 1 N–H and O–H groups in total. The summed E-state index contributed by atoms with van der Waals surface area (Å²) in [6.07, 6.45) is 0.793. The highest BCUT2D eigenvalue weighted by atomic mass is 32.1. The third kappa shape index (κ3) is 3.62. The number of carbonyl (C=O) groups is 1. The van der Waals surface area contributed by atoms with Gasteiger partial charge in [0.2, 0.25) is 0 Å². The largest absolute Gasteiger partial charge is 0.312 e. The lowest BCUT2D eigenvalue weighted by Crippen LogP contribution is -2.14. The lowest BCUT2D eigenvalue weighted by Gasteiger charge is -2.19. The minimum Gasteiger partial charge on any atom is -0.312 e. The highest BCUT2D eigenvalue weighted by molar-refractivity contribution is 7.16.